The fourth-order valence-corrected chi connectivity index (χ4v) is 3.50. The lowest BCUT2D eigenvalue weighted by atomic mass is 10.3. The molecule has 0 aliphatic heterocycles. The van der Waals surface area contributed by atoms with Crippen molar-refractivity contribution in [2.75, 3.05) is 4.72 Å². The van der Waals surface area contributed by atoms with Crippen LogP contribution in [0.4, 0.5) is 10.2 Å². The van der Waals surface area contributed by atoms with Crippen molar-refractivity contribution in [2.24, 2.45) is 0 Å². The number of nitrogens with zero attached hydrogens (tertiary/aromatic N) is 2. The van der Waals surface area contributed by atoms with Gasteiger partial charge in [0.15, 0.2) is 5.82 Å². The number of hydrogen-bond acceptors (Lipinski definition) is 4. The zero-order valence-corrected chi connectivity index (χ0v) is 13.1. The Morgan fingerprint density at radius 2 is 1.89 bits per heavy atom. The summed E-state index contributed by atoms with van der Waals surface area (Å²) in [6.45, 7) is 0. The van der Waals surface area contributed by atoms with Crippen molar-refractivity contribution in [2.45, 2.75) is 4.90 Å². The Morgan fingerprint density at radius 3 is 2.47 bits per heavy atom. The monoisotopic (exact) mass is 409 g/mol. The van der Waals surface area contributed by atoms with E-state index in [0.29, 0.717) is 4.60 Å². The molecule has 2 aromatic rings. The Hall–Kier alpha value is -1.06. The molecule has 0 aliphatic carbocycles. The van der Waals surface area contributed by atoms with E-state index in [1.165, 1.54) is 12.4 Å². The van der Waals surface area contributed by atoms with E-state index in [1.54, 1.807) is 0 Å². The van der Waals surface area contributed by atoms with Crippen molar-refractivity contribution in [1.29, 1.82) is 0 Å². The predicted octanol–water partition coefficient (Wildman–Crippen LogP) is 2.94. The van der Waals surface area contributed by atoms with Gasteiger partial charge in [0, 0.05) is 4.47 Å². The Morgan fingerprint density at radius 1 is 1.16 bits per heavy atom. The van der Waals surface area contributed by atoms with Gasteiger partial charge in [0.25, 0.3) is 10.0 Å². The zero-order chi connectivity index (χ0) is 14.0. The van der Waals surface area contributed by atoms with Crippen LogP contribution in [0.2, 0.25) is 0 Å². The first kappa shape index (κ1) is 14.4. The molecule has 5 nitrogen and oxygen atoms in total. The van der Waals surface area contributed by atoms with E-state index in [2.05, 4.69) is 46.5 Å². The van der Waals surface area contributed by atoms with E-state index < -0.39 is 15.8 Å². The molecule has 0 saturated carbocycles. The van der Waals surface area contributed by atoms with E-state index in [0.717, 1.165) is 18.2 Å². The maximum Gasteiger partial charge on any atom is 0.264 e. The number of nitrogens with one attached hydrogen (secondary N) is 1. The van der Waals surface area contributed by atoms with Gasteiger partial charge in [-0.2, -0.15) is 0 Å². The third-order valence-electron chi connectivity index (χ3n) is 2.04. The molecule has 0 fully saturated rings. The lowest BCUT2D eigenvalue weighted by Gasteiger charge is -2.08. The Bertz CT molecular complexity index is 707. The minimum atomic E-state index is -3.85. The molecule has 2 rings (SSSR count). The van der Waals surface area contributed by atoms with Gasteiger partial charge < -0.3 is 0 Å². The van der Waals surface area contributed by atoms with E-state index in [1.807, 2.05) is 0 Å². The van der Waals surface area contributed by atoms with E-state index >= 15 is 0 Å². The van der Waals surface area contributed by atoms with Crippen LogP contribution in [-0.4, -0.2) is 18.4 Å². The molecule has 1 heterocycles. The summed E-state index contributed by atoms with van der Waals surface area (Å²) in [5.41, 5.74) is 0. The number of benzene rings is 1. The fraction of sp³-hybridized carbons (Fsp3) is 0. The third-order valence-corrected chi connectivity index (χ3v) is 4.78. The summed E-state index contributed by atoms with van der Waals surface area (Å²) in [5.74, 6) is -0.464. The summed E-state index contributed by atoms with van der Waals surface area (Å²) in [4.78, 5) is 7.61. The van der Waals surface area contributed by atoms with Crippen molar-refractivity contribution in [3.63, 3.8) is 0 Å². The minimum Gasteiger partial charge on any atom is -0.262 e. The van der Waals surface area contributed by atoms with Crippen LogP contribution in [0.25, 0.3) is 0 Å². The predicted molar refractivity (Wildman–Crippen MR) is 74.6 cm³/mol. The number of halogens is 3. The first-order valence-electron chi connectivity index (χ1n) is 4.84. The molecule has 0 amide bonds. The highest BCUT2D eigenvalue weighted by Gasteiger charge is 2.18. The van der Waals surface area contributed by atoms with Crippen LogP contribution in [0, 0.1) is 5.82 Å². The fourth-order valence-electron chi connectivity index (χ4n) is 1.25. The number of hydrogen-bond donors (Lipinski definition) is 1. The Kier molecular flexibility index (Phi) is 4.16. The average Bonchev–Trinajstić information content (AvgIpc) is 2.31. The van der Waals surface area contributed by atoms with Gasteiger partial charge in [-0.05, 0) is 50.1 Å². The maximum atomic E-state index is 12.9. The molecule has 19 heavy (non-hydrogen) atoms. The molecule has 1 N–H and O–H groups in total. The van der Waals surface area contributed by atoms with Gasteiger partial charge >= 0.3 is 0 Å². The molecule has 0 atom stereocenters. The average molecular weight is 411 g/mol. The smallest absolute Gasteiger partial charge is 0.262 e. The minimum absolute atomic E-state index is 0.0689. The summed E-state index contributed by atoms with van der Waals surface area (Å²) in [7, 11) is -3.85. The molecular formula is C10H6Br2FN3O2S. The highest BCUT2D eigenvalue weighted by atomic mass is 79.9. The first-order valence-corrected chi connectivity index (χ1v) is 7.91. The van der Waals surface area contributed by atoms with Gasteiger partial charge in [-0.3, -0.25) is 4.72 Å². The summed E-state index contributed by atoms with van der Waals surface area (Å²) >= 11 is 6.09. The van der Waals surface area contributed by atoms with Gasteiger partial charge in [0.2, 0.25) is 0 Å². The quantitative estimate of drug-likeness (QED) is 0.844. The van der Waals surface area contributed by atoms with Crippen molar-refractivity contribution < 1.29 is 12.8 Å². The molecule has 1 aromatic carbocycles. The summed E-state index contributed by atoms with van der Waals surface area (Å²) < 4.78 is 39.9. The van der Waals surface area contributed by atoms with Gasteiger partial charge in [-0.1, -0.05) is 0 Å². The van der Waals surface area contributed by atoms with Crippen LogP contribution < -0.4 is 4.72 Å². The van der Waals surface area contributed by atoms with Gasteiger partial charge in [-0.25, -0.2) is 22.8 Å². The molecule has 9 heteroatoms. The van der Waals surface area contributed by atoms with Crippen LogP contribution in [0.1, 0.15) is 0 Å². The second kappa shape index (κ2) is 5.51. The topological polar surface area (TPSA) is 72.0 Å². The van der Waals surface area contributed by atoms with Gasteiger partial charge in [-0.15, -0.1) is 0 Å². The van der Waals surface area contributed by atoms with Crippen LogP contribution in [0.15, 0.2) is 44.6 Å². The maximum absolute atomic E-state index is 12.9. The summed E-state index contributed by atoms with van der Waals surface area (Å²) in [5, 5.41) is 0. The molecule has 0 aliphatic rings. The Labute approximate surface area is 125 Å². The number of anilines is 1. The van der Waals surface area contributed by atoms with Crippen LogP contribution >= 0.6 is 31.9 Å². The zero-order valence-electron chi connectivity index (χ0n) is 9.14. The highest BCUT2D eigenvalue weighted by Crippen LogP contribution is 2.24. The molecule has 0 bridgehead atoms. The van der Waals surface area contributed by atoms with E-state index in [-0.39, 0.29) is 15.2 Å². The number of sulfonamides is 1. The normalized spacial score (nSPS) is 11.3. The van der Waals surface area contributed by atoms with Crippen molar-refractivity contribution in [1.82, 2.24) is 9.97 Å². The largest absolute Gasteiger partial charge is 0.264 e. The van der Waals surface area contributed by atoms with Crippen LogP contribution in [0.5, 0.6) is 0 Å². The van der Waals surface area contributed by atoms with Crippen LogP contribution in [-0.2, 0) is 10.0 Å². The molecular weight excluding hydrogens is 405 g/mol. The van der Waals surface area contributed by atoms with Crippen molar-refractivity contribution >= 4 is 47.7 Å². The Balaban J connectivity index is 2.35. The van der Waals surface area contributed by atoms with Crippen molar-refractivity contribution in [3.8, 4) is 0 Å². The molecule has 0 unspecified atom stereocenters. The van der Waals surface area contributed by atoms with E-state index in [4.69, 9.17) is 0 Å². The lowest BCUT2D eigenvalue weighted by molar-refractivity contribution is 0.598. The molecule has 0 spiro atoms. The third kappa shape index (κ3) is 3.48. The first-order chi connectivity index (χ1) is 8.88. The number of rotatable bonds is 3. The summed E-state index contributed by atoms with van der Waals surface area (Å²) in [6, 6.07) is 3.29. The van der Waals surface area contributed by atoms with E-state index in [9.17, 15) is 12.8 Å². The lowest BCUT2D eigenvalue weighted by Crippen LogP contribution is -2.14. The molecule has 1 aromatic heterocycles. The number of aromatic nitrogens is 2. The van der Waals surface area contributed by atoms with Gasteiger partial charge in [0.1, 0.15) is 15.3 Å². The van der Waals surface area contributed by atoms with Crippen LogP contribution in [0.3, 0.4) is 0 Å². The second-order valence-electron chi connectivity index (χ2n) is 3.40. The SMILES string of the molecule is O=S(=O)(Nc1cnc(Br)cn1)c1ccc(F)cc1Br. The molecule has 100 valence electrons. The highest BCUT2D eigenvalue weighted by molar-refractivity contribution is 9.10. The molecule has 0 radical (unpaired) electrons. The second-order valence-corrected chi connectivity index (χ2v) is 6.72. The standard InChI is InChI=1S/C10H6Br2FN3O2S/c11-7-3-6(13)1-2-8(7)19(17,18)16-10-5-14-9(12)4-15-10/h1-5H,(H,15,16). The van der Waals surface area contributed by atoms with Gasteiger partial charge in [0.05, 0.1) is 12.4 Å². The molecule has 0 saturated heterocycles. The van der Waals surface area contributed by atoms with Crippen molar-refractivity contribution in [3.05, 3.63) is 45.5 Å². The summed E-state index contributed by atoms with van der Waals surface area (Å²) in [6.07, 6.45) is 2.62.